The van der Waals surface area contributed by atoms with Gasteiger partial charge >= 0.3 is 5.97 Å². The molecule has 0 bridgehead atoms. The molecular formula is C22H20O6. The van der Waals surface area contributed by atoms with Crippen molar-refractivity contribution in [1.82, 2.24) is 0 Å². The standard InChI is InChI=1S/C22H20O6/c1-12-15(28-21(24)22(2,3)4)8-6-14-19(23)18(27-20(12)14)10-13-5-7-16-17(9-13)26-11-25-16/h5-10H,11H2,1-4H3/b18-10-. The number of benzene rings is 2. The maximum absolute atomic E-state index is 12.7. The summed E-state index contributed by atoms with van der Waals surface area (Å²) >= 11 is 0. The van der Waals surface area contributed by atoms with Crippen molar-refractivity contribution in [3.8, 4) is 23.0 Å². The molecule has 28 heavy (non-hydrogen) atoms. The molecule has 0 fully saturated rings. The Morgan fingerprint density at radius 1 is 1.11 bits per heavy atom. The number of rotatable bonds is 2. The molecule has 2 aliphatic heterocycles. The molecule has 2 aromatic rings. The SMILES string of the molecule is Cc1c(OC(=O)C(C)(C)C)ccc2c1O/C(=C\c1ccc3c(c1)OCO3)C2=O. The van der Waals surface area contributed by atoms with E-state index in [1.54, 1.807) is 58.0 Å². The van der Waals surface area contributed by atoms with Gasteiger partial charge in [-0.15, -0.1) is 0 Å². The second-order valence-electron chi connectivity index (χ2n) is 7.76. The Morgan fingerprint density at radius 2 is 1.86 bits per heavy atom. The van der Waals surface area contributed by atoms with Crippen molar-refractivity contribution in [3.63, 3.8) is 0 Å². The van der Waals surface area contributed by atoms with Gasteiger partial charge in [0.1, 0.15) is 11.5 Å². The summed E-state index contributed by atoms with van der Waals surface area (Å²) in [5.41, 5.74) is 1.18. The molecule has 0 radical (unpaired) electrons. The predicted octanol–water partition coefficient (Wildman–Crippen LogP) is 4.29. The van der Waals surface area contributed by atoms with E-state index in [1.165, 1.54) is 0 Å². The summed E-state index contributed by atoms with van der Waals surface area (Å²) in [6, 6.07) is 8.65. The molecular weight excluding hydrogens is 360 g/mol. The summed E-state index contributed by atoms with van der Waals surface area (Å²) in [4.78, 5) is 24.9. The number of Topliss-reactive ketones (excluding diaryl/α,β-unsaturated/α-hetero) is 1. The number of hydrogen-bond acceptors (Lipinski definition) is 6. The van der Waals surface area contributed by atoms with E-state index in [0.29, 0.717) is 34.1 Å². The van der Waals surface area contributed by atoms with Crippen molar-refractivity contribution in [1.29, 1.82) is 0 Å². The fourth-order valence-electron chi connectivity index (χ4n) is 2.89. The first kappa shape index (κ1) is 18.1. The second kappa shape index (κ2) is 6.41. The molecule has 0 amide bonds. The summed E-state index contributed by atoms with van der Waals surface area (Å²) in [7, 11) is 0. The Balaban J connectivity index is 1.63. The van der Waals surface area contributed by atoms with Gasteiger partial charge < -0.3 is 18.9 Å². The number of hydrogen-bond donors (Lipinski definition) is 0. The fourth-order valence-corrected chi connectivity index (χ4v) is 2.89. The van der Waals surface area contributed by atoms with Crippen LogP contribution in [0.2, 0.25) is 0 Å². The average Bonchev–Trinajstić information content (AvgIpc) is 3.22. The molecule has 0 aromatic heterocycles. The first-order valence-electron chi connectivity index (χ1n) is 8.94. The molecule has 2 heterocycles. The van der Waals surface area contributed by atoms with Crippen LogP contribution >= 0.6 is 0 Å². The van der Waals surface area contributed by atoms with Gasteiger partial charge in [0.05, 0.1) is 11.0 Å². The van der Waals surface area contributed by atoms with E-state index in [-0.39, 0.29) is 24.3 Å². The van der Waals surface area contributed by atoms with Crippen LogP contribution in [0.25, 0.3) is 6.08 Å². The van der Waals surface area contributed by atoms with Crippen LogP contribution in [0.1, 0.15) is 42.3 Å². The van der Waals surface area contributed by atoms with Crippen molar-refractivity contribution < 1.29 is 28.5 Å². The largest absolute Gasteiger partial charge is 0.454 e. The van der Waals surface area contributed by atoms with Crippen LogP contribution in [0.4, 0.5) is 0 Å². The van der Waals surface area contributed by atoms with Gasteiger partial charge in [-0.3, -0.25) is 9.59 Å². The quantitative estimate of drug-likeness (QED) is 0.440. The zero-order valence-corrected chi connectivity index (χ0v) is 16.1. The lowest BCUT2D eigenvalue weighted by Crippen LogP contribution is -2.25. The van der Waals surface area contributed by atoms with Crippen LogP contribution in [0, 0.1) is 12.3 Å². The molecule has 144 valence electrons. The van der Waals surface area contributed by atoms with E-state index in [0.717, 1.165) is 5.56 Å². The first-order valence-corrected chi connectivity index (χ1v) is 8.94. The number of carbonyl (C=O) groups is 2. The Morgan fingerprint density at radius 3 is 2.61 bits per heavy atom. The summed E-state index contributed by atoms with van der Waals surface area (Å²) in [6.07, 6.45) is 1.66. The zero-order valence-electron chi connectivity index (χ0n) is 16.1. The Labute approximate surface area is 162 Å². The summed E-state index contributed by atoms with van der Waals surface area (Å²) in [6.45, 7) is 7.30. The highest BCUT2D eigenvalue weighted by Crippen LogP contribution is 2.40. The van der Waals surface area contributed by atoms with Gasteiger partial charge in [-0.05, 0) is 63.6 Å². The number of fused-ring (bicyclic) bond motifs is 2. The topological polar surface area (TPSA) is 71.1 Å². The number of esters is 1. The second-order valence-corrected chi connectivity index (χ2v) is 7.76. The smallest absolute Gasteiger partial charge is 0.316 e. The maximum Gasteiger partial charge on any atom is 0.316 e. The van der Waals surface area contributed by atoms with E-state index in [1.807, 2.05) is 6.07 Å². The van der Waals surface area contributed by atoms with Crippen molar-refractivity contribution in [2.75, 3.05) is 6.79 Å². The van der Waals surface area contributed by atoms with Crippen molar-refractivity contribution >= 4 is 17.8 Å². The highest BCUT2D eigenvalue weighted by molar-refractivity contribution is 6.15. The van der Waals surface area contributed by atoms with Crippen LogP contribution in [0.3, 0.4) is 0 Å². The maximum atomic E-state index is 12.7. The minimum Gasteiger partial charge on any atom is -0.454 e. The van der Waals surface area contributed by atoms with Crippen molar-refractivity contribution in [2.45, 2.75) is 27.7 Å². The minimum atomic E-state index is -0.632. The highest BCUT2D eigenvalue weighted by Gasteiger charge is 2.32. The van der Waals surface area contributed by atoms with E-state index in [2.05, 4.69) is 0 Å². The van der Waals surface area contributed by atoms with E-state index in [4.69, 9.17) is 18.9 Å². The number of ether oxygens (including phenoxy) is 4. The molecule has 0 saturated carbocycles. The third kappa shape index (κ3) is 3.11. The van der Waals surface area contributed by atoms with E-state index in [9.17, 15) is 9.59 Å². The lowest BCUT2D eigenvalue weighted by atomic mass is 9.97. The van der Waals surface area contributed by atoms with Crippen LogP contribution in [0.15, 0.2) is 36.1 Å². The number of ketones is 1. The van der Waals surface area contributed by atoms with Gasteiger partial charge in [0, 0.05) is 5.56 Å². The summed E-state index contributed by atoms with van der Waals surface area (Å²) in [5.74, 6) is 1.74. The lowest BCUT2D eigenvalue weighted by molar-refractivity contribution is -0.143. The zero-order chi connectivity index (χ0) is 20.1. The minimum absolute atomic E-state index is 0.186. The molecule has 6 heteroatoms. The van der Waals surface area contributed by atoms with Crippen LogP contribution < -0.4 is 18.9 Å². The van der Waals surface area contributed by atoms with Crippen molar-refractivity contribution in [2.24, 2.45) is 5.41 Å². The van der Waals surface area contributed by atoms with E-state index < -0.39 is 5.41 Å². The first-order chi connectivity index (χ1) is 13.2. The third-order valence-corrected chi connectivity index (χ3v) is 4.55. The van der Waals surface area contributed by atoms with Gasteiger partial charge in [0.25, 0.3) is 0 Å². The molecule has 2 aliphatic rings. The molecule has 0 saturated heterocycles. The molecule has 2 aromatic carbocycles. The summed E-state index contributed by atoms with van der Waals surface area (Å²) in [5, 5.41) is 0. The van der Waals surface area contributed by atoms with Crippen LogP contribution in [0.5, 0.6) is 23.0 Å². The highest BCUT2D eigenvalue weighted by atomic mass is 16.7. The Hall–Kier alpha value is -3.28. The van der Waals surface area contributed by atoms with Gasteiger partial charge in [0.2, 0.25) is 12.6 Å². The lowest BCUT2D eigenvalue weighted by Gasteiger charge is -2.17. The van der Waals surface area contributed by atoms with Crippen molar-refractivity contribution in [3.05, 3.63) is 52.8 Å². The van der Waals surface area contributed by atoms with Crippen LogP contribution in [-0.2, 0) is 4.79 Å². The third-order valence-electron chi connectivity index (χ3n) is 4.55. The van der Waals surface area contributed by atoms with Gasteiger partial charge in [0.15, 0.2) is 17.3 Å². The van der Waals surface area contributed by atoms with E-state index >= 15 is 0 Å². The molecule has 0 atom stereocenters. The molecule has 6 nitrogen and oxygen atoms in total. The molecule has 4 rings (SSSR count). The average molecular weight is 380 g/mol. The normalized spacial score (nSPS) is 16.1. The Kier molecular flexibility index (Phi) is 4.14. The van der Waals surface area contributed by atoms with Gasteiger partial charge in [-0.1, -0.05) is 6.07 Å². The molecule has 0 aliphatic carbocycles. The predicted molar refractivity (Wildman–Crippen MR) is 102 cm³/mol. The van der Waals surface area contributed by atoms with Gasteiger partial charge in [-0.2, -0.15) is 0 Å². The van der Waals surface area contributed by atoms with Crippen LogP contribution in [-0.4, -0.2) is 18.5 Å². The Bertz CT molecular complexity index is 1030. The summed E-state index contributed by atoms with van der Waals surface area (Å²) < 4.78 is 22.0. The molecule has 0 unspecified atom stereocenters. The molecule has 0 N–H and O–H groups in total. The monoisotopic (exact) mass is 380 g/mol. The number of carbonyl (C=O) groups excluding carboxylic acids is 2. The fraction of sp³-hybridized carbons (Fsp3) is 0.273. The molecule has 0 spiro atoms. The van der Waals surface area contributed by atoms with Gasteiger partial charge in [-0.25, -0.2) is 0 Å². The number of allylic oxidation sites excluding steroid dienone is 1.